The zero-order valence-corrected chi connectivity index (χ0v) is 19.9. The second-order valence-corrected chi connectivity index (χ2v) is 9.04. The molecule has 0 unspecified atom stereocenters. The molecule has 0 aliphatic carbocycles. The lowest BCUT2D eigenvalue weighted by Crippen LogP contribution is -2.49. The van der Waals surface area contributed by atoms with Gasteiger partial charge in [0.2, 0.25) is 0 Å². The molecular formula is C25H35N5O3. The largest absolute Gasteiger partial charge is 0.394 e. The highest BCUT2D eigenvalue weighted by atomic mass is 16.3. The van der Waals surface area contributed by atoms with E-state index in [0.29, 0.717) is 43.3 Å². The van der Waals surface area contributed by atoms with Crippen LogP contribution in [0.15, 0.2) is 42.6 Å². The Hall–Kier alpha value is -3.13. The number of aliphatic hydroxyl groups is 1. The Morgan fingerprint density at radius 1 is 1.00 bits per heavy atom. The lowest BCUT2D eigenvalue weighted by atomic mass is 10.0. The Bertz CT molecular complexity index is 937. The van der Waals surface area contributed by atoms with Crippen LogP contribution in [0.25, 0.3) is 0 Å². The molecule has 3 rings (SSSR count). The van der Waals surface area contributed by atoms with Gasteiger partial charge in [-0.1, -0.05) is 13.8 Å². The number of aromatic nitrogens is 1. The van der Waals surface area contributed by atoms with Crippen LogP contribution in [0.4, 0.5) is 11.5 Å². The predicted molar refractivity (Wildman–Crippen MR) is 131 cm³/mol. The number of hydrogen-bond acceptors (Lipinski definition) is 6. The van der Waals surface area contributed by atoms with Crippen molar-refractivity contribution < 1.29 is 14.7 Å². The lowest BCUT2D eigenvalue weighted by Gasteiger charge is -2.36. The normalized spacial score (nSPS) is 15.0. The third kappa shape index (κ3) is 6.22. The van der Waals surface area contributed by atoms with Crippen molar-refractivity contribution in [1.29, 1.82) is 0 Å². The summed E-state index contributed by atoms with van der Waals surface area (Å²) in [5, 5.41) is 15.7. The number of anilines is 2. The molecule has 0 saturated carbocycles. The van der Waals surface area contributed by atoms with Gasteiger partial charge in [-0.2, -0.15) is 0 Å². The first-order valence-electron chi connectivity index (χ1n) is 11.6. The van der Waals surface area contributed by atoms with Crippen molar-refractivity contribution in [2.24, 2.45) is 5.92 Å². The average molecular weight is 454 g/mol. The molecule has 8 nitrogen and oxygen atoms in total. The molecule has 1 aromatic heterocycles. The molecule has 2 amide bonds. The van der Waals surface area contributed by atoms with E-state index < -0.39 is 0 Å². The highest BCUT2D eigenvalue weighted by Crippen LogP contribution is 2.25. The number of benzene rings is 1. The van der Waals surface area contributed by atoms with Gasteiger partial charge in [-0.25, -0.2) is 4.98 Å². The van der Waals surface area contributed by atoms with Crippen molar-refractivity contribution in [2.75, 3.05) is 43.0 Å². The number of carbonyl (C=O) groups excluding carboxylic acids is 2. The van der Waals surface area contributed by atoms with Gasteiger partial charge in [0.05, 0.1) is 18.3 Å². The summed E-state index contributed by atoms with van der Waals surface area (Å²) < 4.78 is 0. The average Bonchev–Trinajstić information content (AvgIpc) is 2.82. The Morgan fingerprint density at radius 2 is 1.64 bits per heavy atom. The molecule has 1 atom stereocenters. The number of rotatable bonds is 8. The number of pyridine rings is 1. The highest BCUT2D eigenvalue weighted by Gasteiger charge is 2.24. The number of nitrogens with zero attached hydrogens (tertiary/aromatic N) is 3. The van der Waals surface area contributed by atoms with E-state index in [-0.39, 0.29) is 30.4 Å². The van der Waals surface area contributed by atoms with Crippen LogP contribution in [0.5, 0.6) is 0 Å². The molecule has 2 heterocycles. The topological polar surface area (TPSA) is 97.8 Å². The van der Waals surface area contributed by atoms with Crippen molar-refractivity contribution in [3.63, 3.8) is 0 Å². The Morgan fingerprint density at radius 3 is 2.21 bits per heavy atom. The molecule has 33 heavy (non-hydrogen) atoms. The third-order valence-corrected chi connectivity index (χ3v) is 5.81. The molecular weight excluding hydrogens is 418 g/mol. The lowest BCUT2D eigenvalue weighted by molar-refractivity contribution is 0.0745. The van der Waals surface area contributed by atoms with Crippen LogP contribution in [-0.4, -0.2) is 71.7 Å². The Balaban J connectivity index is 1.59. The van der Waals surface area contributed by atoms with E-state index in [4.69, 9.17) is 0 Å². The monoisotopic (exact) mass is 453 g/mol. The molecule has 2 aromatic rings. The molecule has 0 spiro atoms. The summed E-state index contributed by atoms with van der Waals surface area (Å²) >= 11 is 0. The first-order chi connectivity index (χ1) is 15.8. The highest BCUT2D eigenvalue weighted by molar-refractivity contribution is 5.98. The van der Waals surface area contributed by atoms with Gasteiger partial charge >= 0.3 is 0 Å². The van der Waals surface area contributed by atoms with Crippen molar-refractivity contribution in [3.05, 3.63) is 53.7 Å². The maximum absolute atomic E-state index is 13.0. The fourth-order valence-electron chi connectivity index (χ4n) is 3.82. The van der Waals surface area contributed by atoms with Crippen molar-refractivity contribution in [2.45, 2.75) is 39.8 Å². The van der Waals surface area contributed by atoms with Gasteiger partial charge in [-0.3, -0.25) is 9.59 Å². The smallest absolute Gasteiger partial charge is 0.253 e. The summed E-state index contributed by atoms with van der Waals surface area (Å²) in [6, 6.07) is 10.7. The predicted octanol–water partition coefficient (Wildman–Crippen LogP) is 2.61. The standard InChI is InChI=1S/C25H35N5O3/c1-17(2)22(16-31)28-24(32)19-7-9-20(10-8-19)25(33)30-14-12-29(13-15-30)23-21(27-18(3)4)6-5-11-26-23/h5-11,17-18,22,27,31H,12-16H2,1-4H3,(H,28,32)/t22-/m0/s1. The van der Waals surface area contributed by atoms with Crippen LogP contribution >= 0.6 is 0 Å². The Labute approximate surface area is 196 Å². The van der Waals surface area contributed by atoms with Gasteiger partial charge in [0.25, 0.3) is 11.8 Å². The molecule has 1 fully saturated rings. The number of piperazine rings is 1. The fourth-order valence-corrected chi connectivity index (χ4v) is 3.82. The molecule has 3 N–H and O–H groups in total. The molecule has 1 saturated heterocycles. The number of aliphatic hydroxyl groups excluding tert-OH is 1. The molecule has 1 aromatic carbocycles. The summed E-state index contributed by atoms with van der Waals surface area (Å²) in [4.78, 5) is 34.0. The van der Waals surface area contributed by atoms with Gasteiger partial charge in [0.1, 0.15) is 0 Å². The van der Waals surface area contributed by atoms with E-state index in [9.17, 15) is 14.7 Å². The summed E-state index contributed by atoms with van der Waals surface area (Å²) in [6.45, 7) is 10.6. The van der Waals surface area contributed by atoms with Gasteiger partial charge in [0, 0.05) is 49.5 Å². The summed E-state index contributed by atoms with van der Waals surface area (Å²) in [5.41, 5.74) is 2.03. The molecule has 1 aliphatic rings. The summed E-state index contributed by atoms with van der Waals surface area (Å²) in [5.74, 6) is 0.744. The van der Waals surface area contributed by atoms with Crippen LogP contribution in [0.1, 0.15) is 48.4 Å². The van der Waals surface area contributed by atoms with Gasteiger partial charge in [0.15, 0.2) is 5.82 Å². The van der Waals surface area contributed by atoms with E-state index in [1.54, 1.807) is 30.5 Å². The summed E-state index contributed by atoms with van der Waals surface area (Å²) in [6.07, 6.45) is 1.79. The van der Waals surface area contributed by atoms with E-state index in [2.05, 4.69) is 34.4 Å². The SMILES string of the molecule is CC(C)Nc1cccnc1N1CCN(C(=O)c2ccc(C(=O)N[C@@H](CO)C(C)C)cc2)CC1. The second kappa shape index (κ2) is 11.1. The molecule has 8 heteroatoms. The van der Waals surface area contributed by atoms with Crippen LogP contribution in [0.3, 0.4) is 0 Å². The van der Waals surface area contributed by atoms with Crippen LogP contribution in [-0.2, 0) is 0 Å². The minimum Gasteiger partial charge on any atom is -0.394 e. The van der Waals surface area contributed by atoms with Crippen LogP contribution in [0.2, 0.25) is 0 Å². The molecule has 178 valence electrons. The first-order valence-corrected chi connectivity index (χ1v) is 11.6. The van der Waals surface area contributed by atoms with Crippen molar-refractivity contribution in [1.82, 2.24) is 15.2 Å². The summed E-state index contributed by atoms with van der Waals surface area (Å²) in [7, 11) is 0. The van der Waals surface area contributed by atoms with E-state index in [1.165, 1.54) is 0 Å². The van der Waals surface area contributed by atoms with Crippen molar-refractivity contribution >= 4 is 23.3 Å². The van der Waals surface area contributed by atoms with E-state index in [0.717, 1.165) is 11.5 Å². The van der Waals surface area contributed by atoms with E-state index >= 15 is 0 Å². The number of hydrogen-bond donors (Lipinski definition) is 3. The van der Waals surface area contributed by atoms with Crippen LogP contribution < -0.4 is 15.5 Å². The van der Waals surface area contributed by atoms with Gasteiger partial charge < -0.3 is 25.5 Å². The maximum atomic E-state index is 13.0. The number of nitrogens with one attached hydrogen (secondary N) is 2. The quantitative estimate of drug-likeness (QED) is 0.569. The Kier molecular flexibility index (Phi) is 8.27. The fraction of sp³-hybridized carbons (Fsp3) is 0.480. The van der Waals surface area contributed by atoms with Gasteiger partial charge in [-0.15, -0.1) is 0 Å². The zero-order valence-electron chi connectivity index (χ0n) is 19.9. The number of amides is 2. The third-order valence-electron chi connectivity index (χ3n) is 5.81. The number of carbonyl (C=O) groups is 2. The zero-order chi connectivity index (χ0) is 24.0. The van der Waals surface area contributed by atoms with Crippen LogP contribution in [0, 0.1) is 5.92 Å². The minimum absolute atomic E-state index is 0.0430. The second-order valence-electron chi connectivity index (χ2n) is 9.04. The first kappa shape index (κ1) is 24.5. The van der Waals surface area contributed by atoms with Gasteiger partial charge in [-0.05, 0) is 56.2 Å². The minimum atomic E-state index is -0.300. The maximum Gasteiger partial charge on any atom is 0.253 e. The molecule has 0 radical (unpaired) electrons. The van der Waals surface area contributed by atoms with Crippen molar-refractivity contribution in [3.8, 4) is 0 Å². The van der Waals surface area contributed by atoms with E-state index in [1.807, 2.05) is 30.9 Å². The molecule has 1 aliphatic heterocycles. The molecule has 0 bridgehead atoms.